The van der Waals surface area contributed by atoms with Crippen LogP contribution >= 0.6 is 0 Å². The minimum absolute atomic E-state index is 0.0387. The molecule has 11 nitrogen and oxygen atoms in total. The average molecular weight is 660 g/mol. The summed E-state index contributed by atoms with van der Waals surface area (Å²) in [5.41, 5.74) is 6.41. The van der Waals surface area contributed by atoms with Crippen LogP contribution in [0.15, 0.2) is 48.5 Å². The predicted molar refractivity (Wildman–Crippen MR) is 182 cm³/mol. The molecule has 0 radical (unpaired) electrons. The number of hydrogen-bond acceptors (Lipinski definition) is 11. The molecule has 1 atom stereocenters. The third-order valence-corrected chi connectivity index (χ3v) is 6.88. The second-order valence-electron chi connectivity index (χ2n) is 13.5. The van der Waals surface area contributed by atoms with Crippen LogP contribution < -0.4 is 15.2 Å². The highest BCUT2D eigenvalue weighted by Crippen LogP contribution is 2.25. The number of rotatable bonds is 21. The zero-order valence-electron chi connectivity index (χ0n) is 29.7. The van der Waals surface area contributed by atoms with Crippen LogP contribution in [0.25, 0.3) is 0 Å². The molecular weight excluding hydrogens is 602 g/mol. The predicted octanol–water partition coefficient (Wildman–Crippen LogP) is 5.14. The van der Waals surface area contributed by atoms with Crippen molar-refractivity contribution >= 4 is 11.9 Å². The molecule has 0 saturated carbocycles. The van der Waals surface area contributed by atoms with E-state index in [9.17, 15) is 9.59 Å². The van der Waals surface area contributed by atoms with Crippen LogP contribution in [0.1, 0.15) is 71.9 Å². The van der Waals surface area contributed by atoms with Gasteiger partial charge in [0.2, 0.25) is 0 Å². The topological polar surface area (TPSA) is 122 Å². The minimum atomic E-state index is -0.647. The molecule has 47 heavy (non-hydrogen) atoms. The Bertz CT molecular complexity index is 1210. The molecule has 0 saturated heterocycles. The Morgan fingerprint density at radius 1 is 0.723 bits per heavy atom. The van der Waals surface area contributed by atoms with Crippen LogP contribution in [0.4, 0.5) is 0 Å². The molecule has 0 fully saturated rings. The molecule has 0 amide bonds. The standard InChI is InChI=1S/C36H57N3O8/c1-35(2,3)46-33(40)24-38(21-28-15-9-11-18-31(28)44-26-42-7)23-30(17-13-14-20-37)39(25-34(41)47-36(4,5)6)22-29-16-10-12-19-32(29)45-27-43-8/h9-12,15-16,18-19,30H,13-14,17,20-27,37H2,1-8H3. The van der Waals surface area contributed by atoms with Crippen LogP contribution in [-0.2, 0) is 41.6 Å². The summed E-state index contributed by atoms with van der Waals surface area (Å²) in [7, 11) is 3.14. The normalized spacial score (nSPS) is 12.7. The van der Waals surface area contributed by atoms with Gasteiger partial charge in [0.15, 0.2) is 13.6 Å². The van der Waals surface area contributed by atoms with E-state index in [1.54, 1.807) is 14.2 Å². The first-order valence-electron chi connectivity index (χ1n) is 16.2. The smallest absolute Gasteiger partial charge is 0.320 e. The summed E-state index contributed by atoms with van der Waals surface area (Å²) >= 11 is 0. The molecule has 11 heteroatoms. The van der Waals surface area contributed by atoms with Gasteiger partial charge in [-0.2, -0.15) is 0 Å². The van der Waals surface area contributed by atoms with Crippen molar-refractivity contribution in [1.82, 2.24) is 9.80 Å². The molecule has 264 valence electrons. The Morgan fingerprint density at radius 2 is 1.21 bits per heavy atom. The number of ether oxygens (including phenoxy) is 6. The quantitative estimate of drug-likeness (QED) is 0.109. The molecule has 0 heterocycles. The lowest BCUT2D eigenvalue weighted by Crippen LogP contribution is -2.48. The van der Waals surface area contributed by atoms with E-state index in [1.165, 1.54) is 0 Å². The molecular formula is C36H57N3O8. The molecule has 2 N–H and O–H groups in total. The lowest BCUT2D eigenvalue weighted by Gasteiger charge is -2.36. The number of nitrogens with two attached hydrogens (primary N) is 1. The molecule has 0 aromatic heterocycles. The minimum Gasteiger partial charge on any atom is -0.467 e. The van der Waals surface area contributed by atoms with Crippen LogP contribution in [0, 0.1) is 0 Å². The number of unbranched alkanes of at least 4 members (excludes halogenated alkanes) is 1. The Kier molecular flexibility index (Phi) is 17.2. The van der Waals surface area contributed by atoms with E-state index in [4.69, 9.17) is 34.2 Å². The van der Waals surface area contributed by atoms with Gasteiger partial charge in [-0.15, -0.1) is 0 Å². The van der Waals surface area contributed by atoms with Crippen molar-refractivity contribution in [2.45, 2.75) is 91.1 Å². The first-order chi connectivity index (χ1) is 22.2. The summed E-state index contributed by atoms with van der Waals surface area (Å²) in [6, 6.07) is 15.2. The maximum atomic E-state index is 13.4. The van der Waals surface area contributed by atoms with E-state index in [0.717, 1.165) is 30.4 Å². The first-order valence-corrected chi connectivity index (χ1v) is 16.2. The van der Waals surface area contributed by atoms with Crippen molar-refractivity contribution in [1.29, 1.82) is 0 Å². The van der Waals surface area contributed by atoms with E-state index < -0.39 is 11.2 Å². The third kappa shape index (κ3) is 16.4. The van der Waals surface area contributed by atoms with Crippen molar-refractivity contribution in [3.63, 3.8) is 0 Å². The van der Waals surface area contributed by atoms with Crippen LogP contribution in [0.2, 0.25) is 0 Å². The summed E-state index contributed by atoms with van der Waals surface area (Å²) in [5.74, 6) is 0.649. The Morgan fingerprint density at radius 3 is 1.70 bits per heavy atom. The summed E-state index contributed by atoms with van der Waals surface area (Å²) in [6.45, 7) is 13.2. The zero-order chi connectivity index (χ0) is 34.9. The fourth-order valence-electron chi connectivity index (χ4n) is 5.06. The van der Waals surface area contributed by atoms with E-state index in [-0.39, 0.29) is 44.7 Å². The fourth-order valence-corrected chi connectivity index (χ4v) is 5.06. The lowest BCUT2D eigenvalue weighted by atomic mass is 10.0. The van der Waals surface area contributed by atoms with Crippen LogP contribution in [0.5, 0.6) is 11.5 Å². The van der Waals surface area contributed by atoms with Crippen molar-refractivity contribution in [3.8, 4) is 11.5 Å². The number of esters is 2. The Balaban J connectivity index is 2.54. The second kappa shape index (κ2) is 20.2. The number of carbonyl (C=O) groups is 2. The van der Waals surface area contributed by atoms with E-state index in [1.807, 2.05) is 95.0 Å². The average Bonchev–Trinajstić information content (AvgIpc) is 2.97. The molecule has 2 rings (SSSR count). The number of para-hydroxylation sites is 2. The Labute approximate surface area is 281 Å². The third-order valence-electron chi connectivity index (χ3n) is 6.88. The van der Waals surface area contributed by atoms with E-state index >= 15 is 0 Å². The summed E-state index contributed by atoms with van der Waals surface area (Å²) in [4.78, 5) is 30.8. The van der Waals surface area contributed by atoms with E-state index in [0.29, 0.717) is 37.7 Å². The summed E-state index contributed by atoms with van der Waals surface area (Å²) in [6.07, 6.45) is 2.39. The molecule has 0 aliphatic rings. The zero-order valence-corrected chi connectivity index (χ0v) is 29.7. The SMILES string of the molecule is COCOc1ccccc1CN(CC(=O)OC(C)(C)C)CC(CCCCN)N(CC(=O)OC(C)(C)C)Cc1ccccc1OCOC. The molecule has 0 spiro atoms. The highest BCUT2D eigenvalue weighted by atomic mass is 16.7. The number of benzene rings is 2. The number of methoxy groups -OCH3 is 2. The molecule has 0 aliphatic heterocycles. The lowest BCUT2D eigenvalue weighted by molar-refractivity contribution is -0.159. The van der Waals surface area contributed by atoms with Crippen molar-refractivity contribution in [2.24, 2.45) is 5.73 Å². The largest absolute Gasteiger partial charge is 0.467 e. The second-order valence-corrected chi connectivity index (χ2v) is 13.5. The molecule has 2 aromatic carbocycles. The number of hydrogen-bond donors (Lipinski definition) is 1. The van der Waals surface area contributed by atoms with Gasteiger partial charge in [-0.05, 0) is 73.1 Å². The first kappa shape index (κ1) is 40.0. The van der Waals surface area contributed by atoms with E-state index in [2.05, 4.69) is 4.90 Å². The fraction of sp³-hybridized carbons (Fsp3) is 0.611. The van der Waals surface area contributed by atoms with Gasteiger partial charge in [0.1, 0.15) is 22.7 Å². The van der Waals surface area contributed by atoms with Gasteiger partial charge in [-0.25, -0.2) is 0 Å². The highest BCUT2D eigenvalue weighted by molar-refractivity contribution is 5.72. The van der Waals surface area contributed by atoms with Gasteiger partial charge in [-0.3, -0.25) is 19.4 Å². The Hall–Kier alpha value is -3.22. The van der Waals surface area contributed by atoms with Gasteiger partial charge < -0.3 is 34.2 Å². The van der Waals surface area contributed by atoms with Gasteiger partial charge in [0, 0.05) is 51.0 Å². The van der Waals surface area contributed by atoms with Crippen LogP contribution in [0.3, 0.4) is 0 Å². The van der Waals surface area contributed by atoms with Crippen molar-refractivity contribution in [3.05, 3.63) is 59.7 Å². The maximum Gasteiger partial charge on any atom is 0.320 e. The highest BCUT2D eigenvalue weighted by Gasteiger charge is 2.29. The van der Waals surface area contributed by atoms with Gasteiger partial charge in [-0.1, -0.05) is 42.8 Å². The number of nitrogens with zero attached hydrogens (tertiary/aromatic N) is 2. The van der Waals surface area contributed by atoms with Gasteiger partial charge >= 0.3 is 11.9 Å². The maximum absolute atomic E-state index is 13.4. The molecule has 1 unspecified atom stereocenters. The summed E-state index contributed by atoms with van der Waals surface area (Å²) < 4.78 is 33.6. The molecule has 0 aliphatic carbocycles. The summed E-state index contributed by atoms with van der Waals surface area (Å²) in [5, 5.41) is 0. The van der Waals surface area contributed by atoms with Crippen LogP contribution in [-0.4, -0.2) is 93.0 Å². The van der Waals surface area contributed by atoms with Crippen molar-refractivity contribution < 1.29 is 38.0 Å². The van der Waals surface area contributed by atoms with Crippen molar-refractivity contribution in [2.75, 3.05) is 54.0 Å². The number of carbonyl (C=O) groups excluding carboxylic acids is 2. The van der Waals surface area contributed by atoms with Gasteiger partial charge in [0.25, 0.3) is 0 Å². The molecule has 0 bridgehead atoms. The molecule has 2 aromatic rings. The van der Waals surface area contributed by atoms with Gasteiger partial charge in [0.05, 0.1) is 13.1 Å². The monoisotopic (exact) mass is 659 g/mol.